The molecule has 1 saturated heterocycles. The smallest absolute Gasteiger partial charge is 0.232 e. The number of amides is 1. The monoisotopic (exact) mass is 371 g/mol. The molecular weight excluding hydrogens is 356 g/mol. The summed E-state index contributed by atoms with van der Waals surface area (Å²) < 4.78 is 37.3. The molecule has 138 valence electrons. The summed E-state index contributed by atoms with van der Waals surface area (Å²) in [7, 11) is 1.55. The van der Waals surface area contributed by atoms with Gasteiger partial charge in [-0.1, -0.05) is 17.3 Å². The van der Waals surface area contributed by atoms with Gasteiger partial charge in [0.15, 0.2) is 11.6 Å². The zero-order chi connectivity index (χ0) is 19.0. The van der Waals surface area contributed by atoms with Crippen molar-refractivity contribution in [3.8, 4) is 17.1 Å². The van der Waals surface area contributed by atoms with Crippen LogP contribution < -0.4 is 9.64 Å². The number of nitrogens with zero attached hydrogens (tertiary/aromatic N) is 3. The van der Waals surface area contributed by atoms with Crippen LogP contribution in [0.1, 0.15) is 18.2 Å². The highest BCUT2D eigenvalue weighted by atomic mass is 19.2. The fourth-order valence-electron chi connectivity index (χ4n) is 3.12. The molecule has 0 spiro atoms. The Hall–Kier alpha value is -3.29. The van der Waals surface area contributed by atoms with E-state index in [1.807, 2.05) is 12.1 Å². The van der Waals surface area contributed by atoms with Crippen molar-refractivity contribution >= 4 is 11.6 Å². The summed E-state index contributed by atoms with van der Waals surface area (Å²) in [6, 6.07) is 10.6. The molecule has 0 bridgehead atoms. The van der Waals surface area contributed by atoms with Crippen molar-refractivity contribution in [1.82, 2.24) is 10.1 Å². The average molecular weight is 371 g/mol. The van der Waals surface area contributed by atoms with Gasteiger partial charge in [0.05, 0.1) is 18.6 Å². The SMILES string of the molecule is COc1ccccc1-c1noc(C2CC(=O)N(c3ccc(F)c(F)c3)C2)n1. The van der Waals surface area contributed by atoms with Gasteiger partial charge >= 0.3 is 0 Å². The minimum atomic E-state index is -1.00. The van der Waals surface area contributed by atoms with Crippen LogP contribution in [0.25, 0.3) is 11.4 Å². The van der Waals surface area contributed by atoms with Crippen LogP contribution in [-0.4, -0.2) is 29.7 Å². The molecule has 27 heavy (non-hydrogen) atoms. The van der Waals surface area contributed by atoms with E-state index in [4.69, 9.17) is 9.26 Å². The van der Waals surface area contributed by atoms with E-state index in [2.05, 4.69) is 10.1 Å². The van der Waals surface area contributed by atoms with Crippen LogP contribution in [0.3, 0.4) is 0 Å². The molecular formula is C19H15F2N3O3. The molecule has 4 rings (SSSR count). The normalized spacial score (nSPS) is 16.8. The molecule has 0 radical (unpaired) electrons. The van der Waals surface area contributed by atoms with Crippen molar-refractivity contribution < 1.29 is 22.8 Å². The number of aromatic nitrogens is 2. The van der Waals surface area contributed by atoms with E-state index in [9.17, 15) is 13.6 Å². The second-order valence-corrected chi connectivity index (χ2v) is 6.16. The minimum Gasteiger partial charge on any atom is -0.496 e. The minimum absolute atomic E-state index is 0.145. The Morgan fingerprint density at radius 1 is 1.19 bits per heavy atom. The third kappa shape index (κ3) is 3.14. The van der Waals surface area contributed by atoms with Crippen LogP contribution in [0.2, 0.25) is 0 Å². The van der Waals surface area contributed by atoms with Gasteiger partial charge < -0.3 is 14.2 Å². The molecule has 8 heteroatoms. The number of anilines is 1. The summed E-state index contributed by atoms with van der Waals surface area (Å²) in [4.78, 5) is 18.1. The highest BCUT2D eigenvalue weighted by Crippen LogP contribution is 2.34. The maximum Gasteiger partial charge on any atom is 0.232 e. The van der Waals surface area contributed by atoms with E-state index in [0.29, 0.717) is 28.7 Å². The summed E-state index contributed by atoms with van der Waals surface area (Å²) in [5.74, 6) is -1.23. The summed E-state index contributed by atoms with van der Waals surface area (Å²) in [6.07, 6.45) is 0.145. The molecule has 1 aliphatic rings. The van der Waals surface area contributed by atoms with E-state index in [1.165, 1.54) is 11.0 Å². The molecule has 0 saturated carbocycles. The van der Waals surface area contributed by atoms with Crippen molar-refractivity contribution in [1.29, 1.82) is 0 Å². The zero-order valence-electron chi connectivity index (χ0n) is 14.4. The molecule has 2 heterocycles. The van der Waals surface area contributed by atoms with Gasteiger partial charge in [0.2, 0.25) is 17.6 Å². The van der Waals surface area contributed by atoms with Gasteiger partial charge in [-0.3, -0.25) is 4.79 Å². The highest BCUT2D eigenvalue weighted by Gasteiger charge is 2.35. The van der Waals surface area contributed by atoms with Crippen molar-refractivity contribution in [2.45, 2.75) is 12.3 Å². The Morgan fingerprint density at radius 2 is 2.00 bits per heavy atom. The van der Waals surface area contributed by atoms with Crippen LogP contribution in [0.4, 0.5) is 14.5 Å². The number of carbonyl (C=O) groups excluding carboxylic acids is 1. The van der Waals surface area contributed by atoms with Crippen LogP contribution in [0.15, 0.2) is 47.0 Å². The lowest BCUT2D eigenvalue weighted by atomic mass is 10.1. The van der Waals surface area contributed by atoms with Crippen LogP contribution >= 0.6 is 0 Å². The molecule has 1 aliphatic heterocycles. The third-order valence-electron chi connectivity index (χ3n) is 4.48. The maximum absolute atomic E-state index is 13.5. The highest BCUT2D eigenvalue weighted by molar-refractivity contribution is 5.96. The lowest BCUT2D eigenvalue weighted by Crippen LogP contribution is -2.24. The topological polar surface area (TPSA) is 68.5 Å². The van der Waals surface area contributed by atoms with Gasteiger partial charge in [0.1, 0.15) is 5.75 Å². The predicted octanol–water partition coefficient (Wildman–Crippen LogP) is 3.54. The second-order valence-electron chi connectivity index (χ2n) is 6.16. The fourth-order valence-corrected chi connectivity index (χ4v) is 3.12. The average Bonchev–Trinajstić information content (AvgIpc) is 3.31. The van der Waals surface area contributed by atoms with Crippen molar-refractivity contribution in [3.05, 3.63) is 60.0 Å². The number of methoxy groups -OCH3 is 1. The van der Waals surface area contributed by atoms with Crippen molar-refractivity contribution in [2.75, 3.05) is 18.6 Å². The van der Waals surface area contributed by atoms with E-state index in [-0.39, 0.29) is 24.8 Å². The van der Waals surface area contributed by atoms with Gasteiger partial charge in [-0.05, 0) is 24.3 Å². The standard InChI is InChI=1S/C19H15F2N3O3/c1-26-16-5-3-2-4-13(16)18-22-19(27-23-18)11-8-17(25)24(10-11)12-6-7-14(20)15(21)9-12/h2-7,9,11H,8,10H2,1H3. The lowest BCUT2D eigenvalue weighted by Gasteiger charge is -2.16. The number of hydrogen-bond acceptors (Lipinski definition) is 5. The first-order chi connectivity index (χ1) is 13.1. The van der Waals surface area contributed by atoms with E-state index < -0.39 is 11.6 Å². The predicted molar refractivity (Wildman–Crippen MR) is 92.4 cm³/mol. The van der Waals surface area contributed by atoms with E-state index >= 15 is 0 Å². The van der Waals surface area contributed by atoms with Gasteiger partial charge in [-0.15, -0.1) is 0 Å². The van der Waals surface area contributed by atoms with Crippen molar-refractivity contribution in [2.24, 2.45) is 0 Å². The fraction of sp³-hybridized carbons (Fsp3) is 0.211. The quantitative estimate of drug-likeness (QED) is 0.702. The number of halogens is 2. The summed E-state index contributed by atoms with van der Waals surface area (Å²) >= 11 is 0. The number of hydrogen-bond donors (Lipinski definition) is 0. The Kier molecular flexibility index (Phi) is 4.31. The molecule has 0 aliphatic carbocycles. The molecule has 3 aromatic rings. The molecule has 1 amide bonds. The van der Waals surface area contributed by atoms with Gasteiger partial charge in [0, 0.05) is 24.7 Å². The van der Waals surface area contributed by atoms with Gasteiger partial charge in [0.25, 0.3) is 0 Å². The molecule has 2 aromatic carbocycles. The van der Waals surface area contributed by atoms with Gasteiger partial charge in [-0.2, -0.15) is 4.98 Å². The van der Waals surface area contributed by atoms with Crippen LogP contribution in [0.5, 0.6) is 5.75 Å². The Bertz CT molecular complexity index is 1010. The molecule has 6 nitrogen and oxygen atoms in total. The molecule has 1 aromatic heterocycles. The Labute approximate surface area is 153 Å². The largest absolute Gasteiger partial charge is 0.496 e. The Morgan fingerprint density at radius 3 is 2.78 bits per heavy atom. The number of ether oxygens (including phenoxy) is 1. The molecule has 0 N–H and O–H groups in total. The first kappa shape index (κ1) is 17.1. The number of carbonyl (C=O) groups is 1. The van der Waals surface area contributed by atoms with Crippen molar-refractivity contribution in [3.63, 3.8) is 0 Å². The number of rotatable bonds is 4. The molecule has 1 atom stereocenters. The maximum atomic E-state index is 13.5. The van der Waals surface area contributed by atoms with Crippen LogP contribution in [0, 0.1) is 11.6 Å². The first-order valence-corrected chi connectivity index (χ1v) is 8.29. The molecule has 1 unspecified atom stereocenters. The first-order valence-electron chi connectivity index (χ1n) is 8.29. The number of para-hydroxylation sites is 1. The summed E-state index contributed by atoms with van der Waals surface area (Å²) in [5, 5.41) is 3.98. The van der Waals surface area contributed by atoms with Gasteiger partial charge in [-0.25, -0.2) is 8.78 Å². The molecule has 1 fully saturated rings. The zero-order valence-corrected chi connectivity index (χ0v) is 14.4. The third-order valence-corrected chi connectivity index (χ3v) is 4.48. The number of benzene rings is 2. The Balaban J connectivity index is 1.58. The van der Waals surface area contributed by atoms with E-state index in [1.54, 1.807) is 19.2 Å². The summed E-state index contributed by atoms with van der Waals surface area (Å²) in [5.41, 5.74) is 0.975. The van der Waals surface area contributed by atoms with E-state index in [0.717, 1.165) is 12.1 Å². The van der Waals surface area contributed by atoms with Crippen LogP contribution in [-0.2, 0) is 4.79 Å². The summed E-state index contributed by atoms with van der Waals surface area (Å²) in [6.45, 7) is 0.247. The lowest BCUT2D eigenvalue weighted by molar-refractivity contribution is -0.117. The second kappa shape index (κ2) is 6.79.